The van der Waals surface area contributed by atoms with Crippen LogP contribution in [0.15, 0.2) is 48.7 Å². The first-order valence-electron chi connectivity index (χ1n) is 5.53. The Bertz CT molecular complexity index is 500. The number of hydrogen-bond donors (Lipinski definition) is 0. The zero-order chi connectivity index (χ0) is 12.1. The molecule has 1 aromatic carbocycles. The Hall–Kier alpha value is -2.09. The van der Waals surface area contributed by atoms with Crippen LogP contribution in [-0.4, -0.2) is 12.1 Å². The first kappa shape index (κ1) is 11.4. The van der Waals surface area contributed by atoms with Gasteiger partial charge in [-0.25, -0.2) is 0 Å². The van der Waals surface area contributed by atoms with Crippen molar-refractivity contribution in [1.29, 1.82) is 0 Å². The first-order chi connectivity index (χ1) is 8.29. The van der Waals surface area contributed by atoms with Gasteiger partial charge < -0.3 is 4.74 Å². The summed E-state index contributed by atoms with van der Waals surface area (Å²) in [4.78, 5) is 4.27. The Balaban J connectivity index is 2.33. The molecule has 2 rings (SSSR count). The summed E-state index contributed by atoms with van der Waals surface area (Å²) in [7, 11) is 1.66. The molecule has 1 aromatic heterocycles. The number of pyridine rings is 1. The Morgan fingerprint density at radius 1 is 1.12 bits per heavy atom. The van der Waals surface area contributed by atoms with Crippen LogP contribution in [0.3, 0.4) is 0 Å². The number of nitrogens with zero attached hydrogens (tertiary/aromatic N) is 1. The maximum atomic E-state index is 5.37. The summed E-state index contributed by atoms with van der Waals surface area (Å²) >= 11 is 0. The van der Waals surface area contributed by atoms with Gasteiger partial charge in [0.25, 0.3) is 0 Å². The summed E-state index contributed by atoms with van der Waals surface area (Å²) in [6, 6.07) is 14.1. The molecule has 0 aliphatic carbocycles. The third-order valence-electron chi connectivity index (χ3n) is 2.51. The molecule has 0 amide bonds. The van der Waals surface area contributed by atoms with E-state index in [4.69, 9.17) is 4.74 Å². The van der Waals surface area contributed by atoms with Crippen molar-refractivity contribution in [3.63, 3.8) is 0 Å². The fraction of sp³-hybridized carbons (Fsp3) is 0.133. The lowest BCUT2D eigenvalue weighted by atomic mass is 10.1. The molecular weight excluding hydrogens is 210 g/mol. The van der Waals surface area contributed by atoms with Gasteiger partial charge in [-0.1, -0.05) is 35.9 Å². The van der Waals surface area contributed by atoms with Crippen LogP contribution in [0.25, 0.3) is 11.8 Å². The normalized spacial score (nSPS) is 11.3. The zero-order valence-electron chi connectivity index (χ0n) is 10.1. The zero-order valence-corrected chi connectivity index (χ0v) is 10.1. The number of aryl methyl sites for hydroxylation is 1. The molecule has 17 heavy (non-hydrogen) atoms. The number of aromatic nitrogens is 1. The van der Waals surface area contributed by atoms with E-state index in [9.17, 15) is 0 Å². The lowest BCUT2D eigenvalue weighted by Crippen LogP contribution is -1.90. The van der Waals surface area contributed by atoms with Crippen molar-refractivity contribution in [3.8, 4) is 0 Å². The second-order valence-corrected chi connectivity index (χ2v) is 3.84. The van der Waals surface area contributed by atoms with Crippen LogP contribution < -0.4 is 0 Å². The maximum absolute atomic E-state index is 5.37. The summed E-state index contributed by atoms with van der Waals surface area (Å²) in [5.74, 6) is 0.773. The third kappa shape index (κ3) is 2.94. The predicted octanol–water partition coefficient (Wildman–Crippen LogP) is 3.53. The Labute approximate surface area is 102 Å². The smallest absolute Gasteiger partial charge is 0.145 e. The van der Waals surface area contributed by atoms with E-state index in [-0.39, 0.29) is 0 Å². The molecule has 0 fully saturated rings. The minimum atomic E-state index is 0.773. The molecule has 0 aliphatic heterocycles. The van der Waals surface area contributed by atoms with Crippen LogP contribution in [0.2, 0.25) is 0 Å². The molecule has 0 bridgehead atoms. The molecule has 2 heteroatoms. The minimum absolute atomic E-state index is 0.773. The van der Waals surface area contributed by atoms with Crippen molar-refractivity contribution in [1.82, 2.24) is 4.98 Å². The van der Waals surface area contributed by atoms with E-state index in [0.717, 1.165) is 17.0 Å². The van der Waals surface area contributed by atoms with Crippen molar-refractivity contribution >= 4 is 11.8 Å². The fourth-order valence-electron chi connectivity index (χ4n) is 1.56. The highest BCUT2D eigenvalue weighted by molar-refractivity contribution is 5.75. The molecule has 0 spiro atoms. The minimum Gasteiger partial charge on any atom is -0.494 e. The summed E-state index contributed by atoms with van der Waals surface area (Å²) in [5.41, 5.74) is 3.20. The summed E-state index contributed by atoms with van der Waals surface area (Å²) in [6.45, 7) is 2.07. The van der Waals surface area contributed by atoms with Crippen LogP contribution >= 0.6 is 0 Å². The fourth-order valence-corrected chi connectivity index (χ4v) is 1.56. The second-order valence-electron chi connectivity index (χ2n) is 3.84. The van der Waals surface area contributed by atoms with Crippen molar-refractivity contribution in [2.75, 3.05) is 7.11 Å². The molecule has 86 valence electrons. The topological polar surface area (TPSA) is 22.1 Å². The van der Waals surface area contributed by atoms with E-state index in [0.29, 0.717) is 0 Å². The SMILES string of the molecule is COC(=Cc1ccc(C)cc1)c1ccccn1. The highest BCUT2D eigenvalue weighted by atomic mass is 16.5. The largest absolute Gasteiger partial charge is 0.494 e. The number of ether oxygens (including phenoxy) is 1. The molecular formula is C15H15NO. The monoisotopic (exact) mass is 225 g/mol. The van der Waals surface area contributed by atoms with Crippen molar-refractivity contribution in [2.45, 2.75) is 6.92 Å². The van der Waals surface area contributed by atoms with Gasteiger partial charge in [0.2, 0.25) is 0 Å². The number of rotatable bonds is 3. The molecule has 0 atom stereocenters. The molecule has 0 aliphatic rings. The predicted molar refractivity (Wildman–Crippen MR) is 70.3 cm³/mol. The molecule has 0 saturated heterocycles. The molecule has 2 aromatic rings. The van der Waals surface area contributed by atoms with Crippen LogP contribution in [0.1, 0.15) is 16.8 Å². The van der Waals surface area contributed by atoms with Gasteiger partial charge in [0.15, 0.2) is 0 Å². The van der Waals surface area contributed by atoms with Crippen molar-refractivity contribution < 1.29 is 4.74 Å². The molecule has 0 N–H and O–H groups in total. The molecule has 2 nitrogen and oxygen atoms in total. The van der Waals surface area contributed by atoms with Crippen LogP contribution in [0, 0.1) is 6.92 Å². The molecule has 0 radical (unpaired) electrons. The van der Waals surface area contributed by atoms with Crippen LogP contribution in [0.4, 0.5) is 0 Å². The van der Waals surface area contributed by atoms with Crippen LogP contribution in [0.5, 0.6) is 0 Å². The maximum Gasteiger partial charge on any atom is 0.145 e. The molecule has 0 saturated carbocycles. The average molecular weight is 225 g/mol. The highest BCUT2D eigenvalue weighted by Gasteiger charge is 2.01. The second kappa shape index (κ2) is 5.30. The first-order valence-corrected chi connectivity index (χ1v) is 5.53. The summed E-state index contributed by atoms with van der Waals surface area (Å²) in [5, 5.41) is 0. The van der Waals surface area contributed by atoms with Gasteiger partial charge in [-0.3, -0.25) is 4.98 Å². The van der Waals surface area contributed by atoms with Gasteiger partial charge in [-0.2, -0.15) is 0 Å². The average Bonchev–Trinajstić information content (AvgIpc) is 2.39. The van der Waals surface area contributed by atoms with Crippen molar-refractivity contribution in [3.05, 3.63) is 65.5 Å². The van der Waals surface area contributed by atoms with E-state index in [1.807, 2.05) is 24.3 Å². The Morgan fingerprint density at radius 3 is 2.47 bits per heavy atom. The molecule has 0 unspecified atom stereocenters. The van der Waals surface area contributed by atoms with Gasteiger partial charge in [-0.15, -0.1) is 0 Å². The van der Waals surface area contributed by atoms with Gasteiger partial charge >= 0.3 is 0 Å². The van der Waals surface area contributed by atoms with Gasteiger partial charge in [-0.05, 0) is 30.7 Å². The lowest BCUT2D eigenvalue weighted by molar-refractivity contribution is 0.371. The number of methoxy groups -OCH3 is 1. The lowest BCUT2D eigenvalue weighted by Gasteiger charge is -2.05. The number of benzene rings is 1. The van der Waals surface area contributed by atoms with Crippen LogP contribution in [-0.2, 0) is 4.74 Å². The van der Waals surface area contributed by atoms with Crippen molar-refractivity contribution in [2.24, 2.45) is 0 Å². The standard InChI is InChI=1S/C15H15NO/c1-12-6-8-13(9-7-12)11-15(17-2)14-5-3-4-10-16-14/h3-11H,1-2H3. The van der Waals surface area contributed by atoms with Gasteiger partial charge in [0.1, 0.15) is 11.5 Å². The van der Waals surface area contributed by atoms with E-state index in [1.54, 1.807) is 13.3 Å². The quantitative estimate of drug-likeness (QED) is 0.745. The summed E-state index contributed by atoms with van der Waals surface area (Å²) < 4.78 is 5.37. The van der Waals surface area contributed by atoms with Gasteiger partial charge in [0, 0.05) is 6.20 Å². The van der Waals surface area contributed by atoms with E-state index >= 15 is 0 Å². The summed E-state index contributed by atoms with van der Waals surface area (Å²) in [6.07, 6.45) is 3.75. The van der Waals surface area contributed by atoms with Gasteiger partial charge in [0.05, 0.1) is 7.11 Å². The molecule has 1 heterocycles. The Kier molecular flexibility index (Phi) is 3.55. The number of hydrogen-bond acceptors (Lipinski definition) is 2. The van der Waals surface area contributed by atoms with E-state index in [1.165, 1.54) is 5.56 Å². The van der Waals surface area contributed by atoms with E-state index in [2.05, 4.69) is 36.2 Å². The van der Waals surface area contributed by atoms with E-state index < -0.39 is 0 Å². The third-order valence-corrected chi connectivity index (χ3v) is 2.51. The highest BCUT2D eigenvalue weighted by Crippen LogP contribution is 2.16. The Morgan fingerprint density at radius 2 is 1.88 bits per heavy atom.